The van der Waals surface area contributed by atoms with Crippen LogP contribution in [0.1, 0.15) is 30.1 Å². The Labute approximate surface area is 134 Å². The van der Waals surface area contributed by atoms with Gasteiger partial charge < -0.3 is 24.4 Å². The van der Waals surface area contributed by atoms with Crippen LogP contribution in [0.5, 0.6) is 11.5 Å². The molecule has 7 heteroatoms. The van der Waals surface area contributed by atoms with Crippen molar-refractivity contribution in [2.45, 2.75) is 25.8 Å². The minimum atomic E-state index is -0.435. The van der Waals surface area contributed by atoms with Crippen LogP contribution in [0.3, 0.4) is 0 Å². The molecule has 0 aliphatic carbocycles. The second-order valence-corrected chi connectivity index (χ2v) is 5.52. The zero-order chi connectivity index (χ0) is 16.2. The van der Waals surface area contributed by atoms with Gasteiger partial charge in [-0.1, -0.05) is 0 Å². The van der Waals surface area contributed by atoms with Crippen molar-refractivity contribution < 1.29 is 23.8 Å². The average molecular weight is 320 g/mol. The predicted octanol–water partition coefficient (Wildman–Crippen LogP) is 1.77. The zero-order valence-electron chi connectivity index (χ0n) is 13.0. The van der Waals surface area contributed by atoms with Crippen molar-refractivity contribution in [3.05, 3.63) is 23.8 Å². The van der Waals surface area contributed by atoms with Gasteiger partial charge in [0.15, 0.2) is 11.5 Å². The lowest BCUT2D eigenvalue weighted by Crippen LogP contribution is -2.49. The Balaban J connectivity index is 1.64. The monoisotopic (exact) mass is 320 g/mol. The van der Waals surface area contributed by atoms with E-state index in [1.807, 2.05) is 0 Å². The molecule has 2 aliphatic rings. The molecule has 23 heavy (non-hydrogen) atoms. The van der Waals surface area contributed by atoms with Crippen molar-refractivity contribution in [1.29, 1.82) is 0 Å². The van der Waals surface area contributed by atoms with Gasteiger partial charge in [0, 0.05) is 24.7 Å². The third-order valence-corrected chi connectivity index (χ3v) is 3.93. The molecule has 1 aromatic carbocycles. The van der Waals surface area contributed by atoms with E-state index in [1.165, 1.54) is 0 Å². The third kappa shape index (κ3) is 3.49. The Kier molecular flexibility index (Phi) is 4.55. The number of piperidine rings is 1. The molecule has 1 atom stereocenters. The van der Waals surface area contributed by atoms with E-state index in [0.717, 1.165) is 12.8 Å². The van der Waals surface area contributed by atoms with Gasteiger partial charge in [0.25, 0.3) is 5.91 Å². The highest BCUT2D eigenvalue weighted by Crippen LogP contribution is 2.33. The van der Waals surface area contributed by atoms with Crippen LogP contribution in [0.2, 0.25) is 0 Å². The van der Waals surface area contributed by atoms with E-state index in [2.05, 4.69) is 5.32 Å². The number of rotatable bonds is 3. The van der Waals surface area contributed by atoms with Gasteiger partial charge in [-0.15, -0.1) is 0 Å². The zero-order valence-corrected chi connectivity index (χ0v) is 13.0. The van der Waals surface area contributed by atoms with Crippen LogP contribution < -0.4 is 14.8 Å². The van der Waals surface area contributed by atoms with Crippen molar-refractivity contribution >= 4 is 12.0 Å². The minimum Gasteiger partial charge on any atom is -0.454 e. The molecule has 0 spiro atoms. The fourth-order valence-corrected chi connectivity index (χ4v) is 2.83. The van der Waals surface area contributed by atoms with E-state index in [0.29, 0.717) is 36.8 Å². The molecule has 0 saturated carbocycles. The van der Waals surface area contributed by atoms with E-state index in [-0.39, 0.29) is 18.7 Å². The maximum Gasteiger partial charge on any atom is 0.407 e. The summed E-state index contributed by atoms with van der Waals surface area (Å²) in [5.41, 5.74) is 0.561. The number of likely N-dealkylation sites (tertiary alicyclic amines) is 1. The number of hydrogen-bond acceptors (Lipinski definition) is 5. The molecule has 1 fully saturated rings. The summed E-state index contributed by atoms with van der Waals surface area (Å²) >= 11 is 0. The Morgan fingerprint density at radius 2 is 2.17 bits per heavy atom. The molecular formula is C16H20N2O5. The Bertz CT molecular complexity index is 604. The summed E-state index contributed by atoms with van der Waals surface area (Å²) < 4.78 is 15.5. The lowest BCUT2D eigenvalue weighted by atomic mass is 10.0. The first-order valence-electron chi connectivity index (χ1n) is 7.79. The van der Waals surface area contributed by atoms with E-state index in [9.17, 15) is 9.59 Å². The topological polar surface area (TPSA) is 77.1 Å². The number of amides is 2. The van der Waals surface area contributed by atoms with Gasteiger partial charge >= 0.3 is 6.09 Å². The van der Waals surface area contributed by atoms with E-state index < -0.39 is 6.09 Å². The van der Waals surface area contributed by atoms with Crippen LogP contribution in [0.4, 0.5) is 4.79 Å². The van der Waals surface area contributed by atoms with Gasteiger partial charge in [-0.3, -0.25) is 4.79 Å². The van der Waals surface area contributed by atoms with Crippen molar-refractivity contribution in [2.75, 3.05) is 26.5 Å². The quantitative estimate of drug-likeness (QED) is 0.918. The molecule has 0 radical (unpaired) electrons. The van der Waals surface area contributed by atoms with Crippen LogP contribution in [0.25, 0.3) is 0 Å². The first-order chi connectivity index (χ1) is 11.2. The summed E-state index contributed by atoms with van der Waals surface area (Å²) in [7, 11) is 0. The molecule has 0 bridgehead atoms. The lowest BCUT2D eigenvalue weighted by molar-refractivity contribution is 0.0686. The predicted molar refractivity (Wildman–Crippen MR) is 81.6 cm³/mol. The summed E-state index contributed by atoms with van der Waals surface area (Å²) in [4.78, 5) is 25.9. The second-order valence-electron chi connectivity index (χ2n) is 5.52. The number of ether oxygens (including phenoxy) is 3. The summed E-state index contributed by atoms with van der Waals surface area (Å²) in [5, 5.41) is 2.80. The molecule has 124 valence electrons. The normalized spacial score (nSPS) is 19.3. The molecule has 3 rings (SSSR count). The van der Waals surface area contributed by atoms with Crippen LogP contribution in [0.15, 0.2) is 18.2 Å². The smallest absolute Gasteiger partial charge is 0.407 e. The Morgan fingerprint density at radius 3 is 3.00 bits per heavy atom. The first kappa shape index (κ1) is 15.5. The van der Waals surface area contributed by atoms with E-state index in [1.54, 1.807) is 30.0 Å². The molecule has 2 amide bonds. The second kappa shape index (κ2) is 6.76. The van der Waals surface area contributed by atoms with Crippen molar-refractivity contribution in [3.63, 3.8) is 0 Å². The molecule has 2 heterocycles. The number of hydrogen-bond donors (Lipinski definition) is 1. The number of carbonyl (C=O) groups is 2. The molecule has 7 nitrogen and oxygen atoms in total. The maximum atomic E-state index is 12.6. The van der Waals surface area contributed by atoms with Gasteiger partial charge in [0.1, 0.15) is 0 Å². The molecule has 1 saturated heterocycles. The number of benzene rings is 1. The van der Waals surface area contributed by atoms with Crippen LogP contribution >= 0.6 is 0 Å². The molecule has 0 unspecified atom stereocenters. The van der Waals surface area contributed by atoms with Gasteiger partial charge in [-0.25, -0.2) is 4.79 Å². The van der Waals surface area contributed by atoms with Crippen molar-refractivity contribution in [3.8, 4) is 11.5 Å². The van der Waals surface area contributed by atoms with E-state index >= 15 is 0 Å². The SMILES string of the molecule is CCOC(=O)N[C@@H]1CCCN(C(=O)c2ccc3c(c2)OCO3)C1. The largest absolute Gasteiger partial charge is 0.454 e. The van der Waals surface area contributed by atoms with Crippen LogP contribution in [-0.2, 0) is 4.74 Å². The highest BCUT2D eigenvalue weighted by Gasteiger charge is 2.27. The van der Waals surface area contributed by atoms with Gasteiger partial charge in [0.05, 0.1) is 6.61 Å². The Morgan fingerprint density at radius 1 is 1.35 bits per heavy atom. The molecule has 0 aromatic heterocycles. The van der Waals surface area contributed by atoms with Gasteiger partial charge in [-0.05, 0) is 38.0 Å². The number of alkyl carbamates (subject to hydrolysis) is 1. The molecule has 1 N–H and O–H groups in total. The summed E-state index contributed by atoms with van der Waals surface area (Å²) in [6, 6.07) is 5.10. The van der Waals surface area contributed by atoms with Gasteiger partial charge in [-0.2, -0.15) is 0 Å². The maximum absolute atomic E-state index is 12.6. The van der Waals surface area contributed by atoms with Crippen molar-refractivity contribution in [2.24, 2.45) is 0 Å². The third-order valence-electron chi connectivity index (χ3n) is 3.93. The fourth-order valence-electron chi connectivity index (χ4n) is 2.83. The molecule has 2 aliphatic heterocycles. The molecule has 1 aromatic rings. The van der Waals surface area contributed by atoms with Crippen LogP contribution in [0, 0.1) is 0 Å². The molecular weight excluding hydrogens is 300 g/mol. The fraction of sp³-hybridized carbons (Fsp3) is 0.500. The standard InChI is InChI=1S/C16H20N2O5/c1-2-21-16(20)17-12-4-3-7-18(9-12)15(19)11-5-6-13-14(8-11)23-10-22-13/h5-6,8,12H,2-4,7,9-10H2,1H3,(H,17,20)/t12-/m1/s1. The summed E-state index contributed by atoms with van der Waals surface area (Å²) in [5.74, 6) is 1.18. The highest BCUT2D eigenvalue weighted by molar-refractivity contribution is 5.95. The van der Waals surface area contributed by atoms with Crippen LogP contribution in [-0.4, -0.2) is 49.4 Å². The summed E-state index contributed by atoms with van der Waals surface area (Å²) in [6.07, 6.45) is 1.24. The summed E-state index contributed by atoms with van der Waals surface area (Å²) in [6.45, 7) is 3.43. The highest BCUT2D eigenvalue weighted by atomic mass is 16.7. The van der Waals surface area contributed by atoms with Crippen molar-refractivity contribution in [1.82, 2.24) is 10.2 Å². The number of fused-ring (bicyclic) bond motifs is 1. The number of carbonyl (C=O) groups excluding carboxylic acids is 2. The number of nitrogens with zero attached hydrogens (tertiary/aromatic N) is 1. The average Bonchev–Trinajstić information content (AvgIpc) is 3.02. The first-order valence-corrected chi connectivity index (χ1v) is 7.79. The lowest BCUT2D eigenvalue weighted by Gasteiger charge is -2.33. The van der Waals surface area contributed by atoms with Gasteiger partial charge in [0.2, 0.25) is 6.79 Å². The minimum absolute atomic E-state index is 0.0707. The van der Waals surface area contributed by atoms with E-state index in [4.69, 9.17) is 14.2 Å². The Hall–Kier alpha value is -2.44. The number of nitrogens with one attached hydrogen (secondary N) is 1.